The second kappa shape index (κ2) is 11.5. The van der Waals surface area contributed by atoms with E-state index in [1.807, 2.05) is 6.07 Å². The summed E-state index contributed by atoms with van der Waals surface area (Å²) in [4.78, 5) is 20.2. The van der Waals surface area contributed by atoms with Crippen molar-refractivity contribution in [2.75, 3.05) is 25.5 Å². The molecule has 0 atom stereocenters. The highest BCUT2D eigenvalue weighted by atomic mass is 19.4. The summed E-state index contributed by atoms with van der Waals surface area (Å²) in [5.74, 6) is -2.82. The van der Waals surface area contributed by atoms with E-state index in [0.29, 0.717) is 24.6 Å². The number of nitriles is 1. The summed E-state index contributed by atoms with van der Waals surface area (Å²) < 4.78 is 66.7. The Labute approximate surface area is 221 Å². The Bertz CT molecular complexity index is 1420. The molecule has 9 nitrogen and oxygen atoms in total. The molecule has 2 aromatic carbocycles. The van der Waals surface area contributed by atoms with Gasteiger partial charge >= 0.3 is 6.18 Å². The number of alkyl halides is 3. The zero-order chi connectivity index (χ0) is 28.2. The fraction of sp³-hybridized carbons (Fsp3) is 0.308. The van der Waals surface area contributed by atoms with E-state index in [2.05, 4.69) is 25.9 Å². The summed E-state index contributed by atoms with van der Waals surface area (Å²) >= 11 is 0. The molecule has 1 saturated heterocycles. The second-order valence-corrected chi connectivity index (χ2v) is 8.73. The molecule has 3 N–H and O–H groups in total. The van der Waals surface area contributed by atoms with Crippen LogP contribution >= 0.6 is 0 Å². The number of carbonyl (C=O) groups excluding carboxylic acids is 1. The molecular formula is C26H24F4N6O3. The second-order valence-electron chi connectivity index (χ2n) is 8.73. The number of anilines is 2. The Morgan fingerprint density at radius 2 is 1.95 bits per heavy atom. The average Bonchev–Trinajstić information content (AvgIpc) is 2.89. The van der Waals surface area contributed by atoms with Crippen molar-refractivity contribution in [2.45, 2.75) is 32.0 Å². The molecule has 0 aliphatic carbocycles. The SMILES string of the molecule is COc1cc(C(=O)NC2CCNCC2)c(F)cc1Nc1ncc(C(F)(F)F)c(Oc2cccc(C)c2C#N)n1. The van der Waals surface area contributed by atoms with Crippen LogP contribution in [0.25, 0.3) is 0 Å². The van der Waals surface area contributed by atoms with Crippen molar-refractivity contribution in [1.29, 1.82) is 5.26 Å². The Balaban J connectivity index is 1.64. The zero-order valence-corrected chi connectivity index (χ0v) is 20.9. The van der Waals surface area contributed by atoms with E-state index in [1.54, 1.807) is 13.0 Å². The van der Waals surface area contributed by atoms with Gasteiger partial charge in [0.25, 0.3) is 5.91 Å². The molecule has 0 bridgehead atoms. The van der Waals surface area contributed by atoms with Crippen LogP contribution in [0.2, 0.25) is 0 Å². The number of aromatic nitrogens is 2. The number of hydrogen-bond donors (Lipinski definition) is 3. The number of methoxy groups -OCH3 is 1. The van der Waals surface area contributed by atoms with Crippen LogP contribution in [-0.2, 0) is 6.18 Å². The van der Waals surface area contributed by atoms with E-state index < -0.39 is 29.3 Å². The van der Waals surface area contributed by atoms with Crippen LogP contribution in [0.5, 0.6) is 17.4 Å². The summed E-state index contributed by atoms with van der Waals surface area (Å²) in [6.07, 6.45) is -2.94. The summed E-state index contributed by atoms with van der Waals surface area (Å²) in [6.45, 7) is 3.08. The highest BCUT2D eigenvalue weighted by Crippen LogP contribution is 2.39. The van der Waals surface area contributed by atoms with E-state index >= 15 is 0 Å². The summed E-state index contributed by atoms with van der Waals surface area (Å²) in [7, 11) is 1.29. The molecule has 204 valence electrons. The molecule has 4 rings (SSSR count). The van der Waals surface area contributed by atoms with Gasteiger partial charge in [-0.2, -0.15) is 23.4 Å². The lowest BCUT2D eigenvalue weighted by molar-refractivity contribution is -0.139. The van der Waals surface area contributed by atoms with Crippen molar-refractivity contribution < 1.29 is 31.8 Å². The summed E-state index contributed by atoms with van der Waals surface area (Å²) in [5, 5.41) is 18.0. The van der Waals surface area contributed by atoms with Gasteiger partial charge in [-0.3, -0.25) is 4.79 Å². The number of amides is 1. The molecule has 13 heteroatoms. The van der Waals surface area contributed by atoms with E-state index in [4.69, 9.17) is 9.47 Å². The molecule has 1 fully saturated rings. The lowest BCUT2D eigenvalue weighted by Crippen LogP contribution is -2.42. The van der Waals surface area contributed by atoms with Crippen LogP contribution in [-0.4, -0.2) is 42.1 Å². The largest absolute Gasteiger partial charge is 0.495 e. The van der Waals surface area contributed by atoms with Gasteiger partial charge in [0, 0.05) is 18.3 Å². The van der Waals surface area contributed by atoms with Gasteiger partial charge in [0.05, 0.1) is 23.9 Å². The quantitative estimate of drug-likeness (QED) is 0.362. The summed E-state index contributed by atoms with van der Waals surface area (Å²) in [6, 6.07) is 8.42. The predicted octanol–water partition coefficient (Wildman–Crippen LogP) is 4.84. The number of nitrogens with one attached hydrogen (secondary N) is 3. The normalized spacial score (nSPS) is 13.9. The fourth-order valence-electron chi connectivity index (χ4n) is 4.02. The minimum atomic E-state index is -4.86. The van der Waals surface area contributed by atoms with Gasteiger partial charge in [-0.15, -0.1) is 0 Å². The highest BCUT2D eigenvalue weighted by Gasteiger charge is 2.37. The Kier molecular flexibility index (Phi) is 8.15. The minimum absolute atomic E-state index is 0.0308. The highest BCUT2D eigenvalue weighted by molar-refractivity contribution is 5.96. The van der Waals surface area contributed by atoms with Crippen LogP contribution < -0.4 is 25.4 Å². The monoisotopic (exact) mass is 544 g/mol. The van der Waals surface area contributed by atoms with Crippen LogP contribution in [0.1, 0.15) is 39.9 Å². The molecule has 0 radical (unpaired) electrons. The van der Waals surface area contributed by atoms with Crippen molar-refractivity contribution in [3.8, 4) is 23.4 Å². The number of rotatable bonds is 7. The number of halogens is 4. The number of piperidine rings is 1. The lowest BCUT2D eigenvalue weighted by atomic mass is 10.1. The van der Waals surface area contributed by atoms with Crippen LogP contribution in [0.4, 0.5) is 29.2 Å². The average molecular weight is 545 g/mol. The van der Waals surface area contributed by atoms with Gasteiger partial charge in [-0.1, -0.05) is 12.1 Å². The Hall–Kier alpha value is -4.44. The molecular weight excluding hydrogens is 520 g/mol. The van der Waals surface area contributed by atoms with Crippen molar-refractivity contribution in [3.63, 3.8) is 0 Å². The fourth-order valence-corrected chi connectivity index (χ4v) is 4.02. The topological polar surface area (TPSA) is 121 Å². The third kappa shape index (κ3) is 6.35. The maximum absolute atomic E-state index is 15.0. The standard InChI is InChI=1S/C26H24F4N6O3/c1-14-4-3-5-21(17(14)12-31)39-24-18(26(28,29)30)13-33-25(36-24)35-20-11-19(27)16(10-22(20)38-2)23(37)34-15-6-8-32-9-7-15/h3-5,10-11,13,15,32H,6-9H2,1-2H3,(H,34,37)(H,33,35,36). The zero-order valence-electron chi connectivity index (χ0n) is 20.9. The molecule has 0 spiro atoms. The van der Waals surface area contributed by atoms with Gasteiger partial charge in [-0.25, -0.2) is 9.37 Å². The molecule has 1 amide bonds. The molecule has 0 saturated carbocycles. The maximum Gasteiger partial charge on any atom is 0.423 e. The van der Waals surface area contributed by atoms with E-state index in [9.17, 15) is 27.6 Å². The van der Waals surface area contributed by atoms with Gasteiger partial charge in [0.15, 0.2) is 0 Å². The van der Waals surface area contributed by atoms with Crippen molar-refractivity contribution in [1.82, 2.24) is 20.6 Å². The van der Waals surface area contributed by atoms with Crippen molar-refractivity contribution in [2.24, 2.45) is 0 Å². The Morgan fingerprint density at radius 3 is 2.62 bits per heavy atom. The number of hydrogen-bond acceptors (Lipinski definition) is 8. The molecule has 1 aromatic heterocycles. The van der Waals surface area contributed by atoms with Gasteiger partial charge in [0.1, 0.15) is 28.9 Å². The number of carbonyl (C=O) groups is 1. The van der Waals surface area contributed by atoms with Crippen LogP contribution in [0.3, 0.4) is 0 Å². The lowest BCUT2D eigenvalue weighted by Gasteiger charge is -2.24. The van der Waals surface area contributed by atoms with Gasteiger partial charge in [-0.05, 0) is 50.6 Å². The maximum atomic E-state index is 15.0. The first-order valence-electron chi connectivity index (χ1n) is 11.9. The molecule has 1 aliphatic heterocycles. The summed E-state index contributed by atoms with van der Waals surface area (Å²) in [5.41, 5.74) is -1.02. The van der Waals surface area contributed by atoms with Crippen LogP contribution in [0.15, 0.2) is 36.5 Å². The molecule has 2 heterocycles. The van der Waals surface area contributed by atoms with Crippen molar-refractivity contribution >= 4 is 17.5 Å². The predicted molar refractivity (Wildman–Crippen MR) is 133 cm³/mol. The molecule has 0 unspecified atom stereocenters. The van der Waals surface area contributed by atoms with E-state index in [-0.39, 0.29) is 40.3 Å². The molecule has 39 heavy (non-hydrogen) atoms. The smallest absolute Gasteiger partial charge is 0.423 e. The van der Waals surface area contributed by atoms with Crippen molar-refractivity contribution in [3.05, 3.63) is 64.6 Å². The first kappa shape index (κ1) is 27.6. The van der Waals surface area contributed by atoms with E-state index in [1.165, 1.54) is 25.3 Å². The first-order chi connectivity index (χ1) is 18.6. The molecule has 1 aliphatic rings. The third-order valence-electron chi connectivity index (χ3n) is 6.07. The molecule has 3 aromatic rings. The Morgan fingerprint density at radius 1 is 1.21 bits per heavy atom. The number of ether oxygens (including phenoxy) is 2. The van der Waals surface area contributed by atoms with E-state index in [0.717, 1.165) is 19.2 Å². The van der Waals surface area contributed by atoms with Crippen LogP contribution in [0, 0.1) is 24.1 Å². The minimum Gasteiger partial charge on any atom is -0.495 e. The number of aryl methyl sites for hydroxylation is 1. The van der Waals surface area contributed by atoms with Gasteiger partial charge in [0.2, 0.25) is 11.8 Å². The third-order valence-corrected chi connectivity index (χ3v) is 6.07. The van der Waals surface area contributed by atoms with Gasteiger partial charge < -0.3 is 25.4 Å². The number of nitrogens with zero attached hydrogens (tertiary/aromatic N) is 3. The first-order valence-corrected chi connectivity index (χ1v) is 11.9. The number of benzene rings is 2.